The highest BCUT2D eigenvalue weighted by atomic mass is 16.6. The molecule has 120 valence electrons. The van der Waals surface area contributed by atoms with Gasteiger partial charge in [-0.15, -0.1) is 0 Å². The third kappa shape index (κ3) is 4.31. The lowest BCUT2D eigenvalue weighted by molar-refractivity contribution is -0.125. The smallest absolute Gasteiger partial charge is 0.412 e. The molecule has 0 saturated heterocycles. The predicted molar refractivity (Wildman–Crippen MR) is 83.7 cm³/mol. The molecule has 1 aromatic carbocycles. The van der Waals surface area contributed by atoms with Gasteiger partial charge in [-0.25, -0.2) is 4.79 Å². The summed E-state index contributed by atoms with van der Waals surface area (Å²) in [4.78, 5) is 23.0. The first-order chi connectivity index (χ1) is 10.2. The van der Waals surface area contributed by atoms with E-state index in [4.69, 9.17) is 4.74 Å². The zero-order chi connectivity index (χ0) is 16.4. The fraction of sp³-hybridized carbons (Fsp3) is 0.529. The Hall–Kier alpha value is -1.88. The molecule has 5 nitrogen and oxygen atoms in total. The van der Waals surface area contributed by atoms with Gasteiger partial charge >= 0.3 is 6.09 Å². The number of anilines is 1. The number of Topliss-reactive ketones (excluding diaryl/α,β-unsaturated/α-hetero) is 1. The van der Waals surface area contributed by atoms with Crippen molar-refractivity contribution in [3.63, 3.8) is 0 Å². The monoisotopic (exact) mass is 305 g/mol. The third-order valence-corrected chi connectivity index (χ3v) is 3.70. The number of benzene rings is 1. The number of ether oxygens (including phenoxy) is 1. The Labute approximate surface area is 130 Å². The number of ketones is 1. The molecular formula is C17H23NO4. The normalized spacial score (nSPS) is 17.9. The maximum atomic E-state index is 11.7. The van der Waals surface area contributed by atoms with Crippen molar-refractivity contribution in [2.24, 2.45) is 0 Å². The summed E-state index contributed by atoms with van der Waals surface area (Å²) in [5, 5.41) is 13.3. The molecule has 0 bridgehead atoms. The molecule has 1 aliphatic carbocycles. The number of hydrogen-bond donors (Lipinski definition) is 2. The maximum absolute atomic E-state index is 11.7. The molecule has 0 aliphatic heterocycles. The zero-order valence-electron chi connectivity index (χ0n) is 13.3. The molecule has 1 aromatic rings. The lowest BCUT2D eigenvalue weighted by atomic mass is 9.79. The van der Waals surface area contributed by atoms with Crippen LogP contribution in [0.15, 0.2) is 24.3 Å². The largest absolute Gasteiger partial charge is 0.444 e. The van der Waals surface area contributed by atoms with Crippen LogP contribution < -0.4 is 5.32 Å². The second-order valence-electron chi connectivity index (χ2n) is 6.77. The van der Waals surface area contributed by atoms with E-state index in [1.54, 1.807) is 45.0 Å². The van der Waals surface area contributed by atoms with Crippen LogP contribution in [-0.2, 0) is 15.1 Å². The zero-order valence-corrected chi connectivity index (χ0v) is 13.3. The standard InChI is InChI=1S/C17H23NO4/c1-16(2,3)22-15(20)18-13-6-4-12(5-7-13)17(21)10-8-14(19)9-11-17/h4-7,21H,8-11H2,1-3H3,(H,18,20). The highest BCUT2D eigenvalue weighted by Gasteiger charge is 2.33. The summed E-state index contributed by atoms with van der Waals surface area (Å²) >= 11 is 0. The maximum Gasteiger partial charge on any atom is 0.412 e. The van der Waals surface area contributed by atoms with Crippen LogP contribution >= 0.6 is 0 Å². The molecule has 0 aromatic heterocycles. The van der Waals surface area contributed by atoms with Crippen molar-refractivity contribution < 1.29 is 19.4 Å². The predicted octanol–water partition coefficient (Wildman–Crippen LogP) is 3.36. The molecule has 5 heteroatoms. The van der Waals surface area contributed by atoms with Crippen molar-refractivity contribution in [2.45, 2.75) is 57.7 Å². The first-order valence-electron chi connectivity index (χ1n) is 7.53. The minimum absolute atomic E-state index is 0.202. The Kier molecular flexibility index (Phi) is 4.56. The highest BCUT2D eigenvalue weighted by molar-refractivity contribution is 5.84. The molecule has 2 rings (SSSR count). The van der Waals surface area contributed by atoms with E-state index in [1.807, 2.05) is 0 Å². The number of rotatable bonds is 2. The van der Waals surface area contributed by atoms with Gasteiger partial charge in [0.25, 0.3) is 0 Å². The van der Waals surface area contributed by atoms with Crippen LogP contribution in [0, 0.1) is 0 Å². The van der Waals surface area contributed by atoms with E-state index in [1.165, 1.54) is 0 Å². The van der Waals surface area contributed by atoms with Gasteiger partial charge in [0.1, 0.15) is 11.4 Å². The molecule has 0 radical (unpaired) electrons. The van der Waals surface area contributed by atoms with Crippen LogP contribution in [-0.4, -0.2) is 22.6 Å². The van der Waals surface area contributed by atoms with Crippen molar-refractivity contribution in [1.82, 2.24) is 0 Å². The van der Waals surface area contributed by atoms with Gasteiger partial charge in [-0.3, -0.25) is 10.1 Å². The Balaban J connectivity index is 2.01. The number of carbonyl (C=O) groups is 2. The average molecular weight is 305 g/mol. The van der Waals surface area contributed by atoms with E-state index in [2.05, 4.69) is 5.32 Å². The van der Waals surface area contributed by atoms with Crippen LogP contribution in [0.5, 0.6) is 0 Å². The minimum Gasteiger partial charge on any atom is -0.444 e. The van der Waals surface area contributed by atoms with E-state index < -0.39 is 17.3 Å². The molecule has 1 amide bonds. The number of carbonyl (C=O) groups excluding carboxylic acids is 2. The highest BCUT2D eigenvalue weighted by Crippen LogP contribution is 2.36. The van der Waals surface area contributed by atoms with Crippen LogP contribution in [0.25, 0.3) is 0 Å². The van der Waals surface area contributed by atoms with E-state index in [-0.39, 0.29) is 5.78 Å². The molecule has 2 N–H and O–H groups in total. The lowest BCUT2D eigenvalue weighted by Crippen LogP contribution is -2.31. The Morgan fingerprint density at radius 2 is 1.73 bits per heavy atom. The fourth-order valence-electron chi connectivity index (χ4n) is 2.52. The molecule has 0 spiro atoms. The molecule has 22 heavy (non-hydrogen) atoms. The van der Waals surface area contributed by atoms with Gasteiger partial charge in [0.15, 0.2) is 0 Å². The summed E-state index contributed by atoms with van der Waals surface area (Å²) in [6.07, 6.45) is 1.21. The Bertz CT molecular complexity index is 547. The quantitative estimate of drug-likeness (QED) is 0.878. The summed E-state index contributed by atoms with van der Waals surface area (Å²) in [5.74, 6) is 0.202. The van der Waals surface area contributed by atoms with E-state index in [0.717, 1.165) is 5.56 Å². The summed E-state index contributed by atoms with van der Waals surface area (Å²) in [6.45, 7) is 5.40. The Morgan fingerprint density at radius 1 is 1.18 bits per heavy atom. The van der Waals surface area contributed by atoms with Crippen molar-refractivity contribution in [1.29, 1.82) is 0 Å². The van der Waals surface area contributed by atoms with Crippen molar-refractivity contribution in [3.8, 4) is 0 Å². The number of aliphatic hydroxyl groups is 1. The van der Waals surface area contributed by atoms with Crippen LogP contribution in [0.3, 0.4) is 0 Å². The first-order valence-corrected chi connectivity index (χ1v) is 7.53. The third-order valence-electron chi connectivity index (χ3n) is 3.70. The summed E-state index contributed by atoms with van der Waals surface area (Å²) < 4.78 is 5.18. The fourth-order valence-corrected chi connectivity index (χ4v) is 2.52. The second-order valence-corrected chi connectivity index (χ2v) is 6.77. The lowest BCUT2D eigenvalue weighted by Gasteiger charge is -2.32. The molecule has 0 heterocycles. The molecule has 0 unspecified atom stereocenters. The molecule has 1 aliphatic rings. The summed E-state index contributed by atoms with van der Waals surface area (Å²) in [6, 6.07) is 7.02. The Morgan fingerprint density at radius 3 is 2.23 bits per heavy atom. The van der Waals surface area contributed by atoms with E-state index in [9.17, 15) is 14.7 Å². The molecule has 1 saturated carbocycles. The van der Waals surface area contributed by atoms with Gasteiger partial charge in [0.2, 0.25) is 0 Å². The molecule has 1 fully saturated rings. The van der Waals surface area contributed by atoms with E-state index >= 15 is 0 Å². The second kappa shape index (κ2) is 6.08. The average Bonchev–Trinajstić information content (AvgIpc) is 2.41. The van der Waals surface area contributed by atoms with Gasteiger partial charge in [-0.1, -0.05) is 12.1 Å². The van der Waals surface area contributed by atoms with Crippen LogP contribution in [0.2, 0.25) is 0 Å². The topological polar surface area (TPSA) is 75.6 Å². The van der Waals surface area contributed by atoms with E-state index in [0.29, 0.717) is 31.4 Å². The molecular weight excluding hydrogens is 282 g/mol. The molecule has 0 atom stereocenters. The minimum atomic E-state index is -0.946. The van der Waals surface area contributed by atoms with Crippen molar-refractivity contribution in [2.75, 3.05) is 5.32 Å². The van der Waals surface area contributed by atoms with Gasteiger partial charge in [0.05, 0.1) is 5.60 Å². The van der Waals surface area contributed by atoms with Gasteiger partial charge in [0, 0.05) is 18.5 Å². The van der Waals surface area contributed by atoms with Crippen molar-refractivity contribution >= 4 is 17.6 Å². The van der Waals surface area contributed by atoms with Crippen LogP contribution in [0.1, 0.15) is 52.0 Å². The summed E-state index contributed by atoms with van der Waals surface area (Å²) in [7, 11) is 0. The van der Waals surface area contributed by atoms with Crippen molar-refractivity contribution in [3.05, 3.63) is 29.8 Å². The van der Waals surface area contributed by atoms with Gasteiger partial charge < -0.3 is 9.84 Å². The van der Waals surface area contributed by atoms with Gasteiger partial charge in [-0.05, 0) is 51.3 Å². The van der Waals surface area contributed by atoms with Gasteiger partial charge in [-0.2, -0.15) is 0 Å². The summed E-state index contributed by atoms with van der Waals surface area (Å²) in [5.41, 5.74) is -0.116. The number of nitrogens with one attached hydrogen (secondary N) is 1. The van der Waals surface area contributed by atoms with Crippen LogP contribution in [0.4, 0.5) is 10.5 Å². The number of amides is 1. The SMILES string of the molecule is CC(C)(C)OC(=O)Nc1ccc(C2(O)CCC(=O)CC2)cc1. The number of hydrogen-bond acceptors (Lipinski definition) is 4. The first kappa shape index (κ1) is 16.5.